The van der Waals surface area contributed by atoms with Crippen LogP contribution in [0.5, 0.6) is 5.75 Å². The molecule has 31 heavy (non-hydrogen) atoms. The van der Waals surface area contributed by atoms with Crippen molar-refractivity contribution in [1.29, 1.82) is 0 Å². The highest BCUT2D eigenvalue weighted by atomic mass is 35.5. The Hall–Kier alpha value is -2.88. The average Bonchev–Trinajstić information content (AvgIpc) is 3.03. The van der Waals surface area contributed by atoms with E-state index in [2.05, 4.69) is 10.9 Å². The van der Waals surface area contributed by atoms with E-state index in [0.717, 1.165) is 5.56 Å². The summed E-state index contributed by atoms with van der Waals surface area (Å²) in [5.41, 5.74) is 5.75. The van der Waals surface area contributed by atoms with Crippen molar-refractivity contribution in [3.63, 3.8) is 0 Å². The maximum atomic E-state index is 12.7. The van der Waals surface area contributed by atoms with Crippen LogP contribution in [0.4, 0.5) is 0 Å². The number of carbonyl (C=O) groups excluding carboxylic acids is 3. The van der Waals surface area contributed by atoms with Crippen molar-refractivity contribution >= 4 is 63.7 Å². The van der Waals surface area contributed by atoms with Crippen molar-refractivity contribution in [3.8, 4) is 5.75 Å². The van der Waals surface area contributed by atoms with Gasteiger partial charge >= 0.3 is 0 Å². The maximum Gasteiger partial charge on any atom is 0.269 e. The van der Waals surface area contributed by atoms with Crippen LogP contribution < -0.4 is 15.6 Å². The number of nitrogens with zero attached hydrogens (tertiary/aromatic N) is 1. The average molecular weight is 476 g/mol. The molecule has 0 spiro atoms. The zero-order chi connectivity index (χ0) is 22.4. The minimum absolute atomic E-state index is 0.0325. The van der Waals surface area contributed by atoms with Gasteiger partial charge in [0.15, 0.2) is 0 Å². The van der Waals surface area contributed by atoms with Crippen molar-refractivity contribution in [3.05, 3.63) is 69.6 Å². The summed E-state index contributed by atoms with van der Waals surface area (Å²) in [7, 11) is 1.56. The topological polar surface area (TPSA) is 87.7 Å². The third-order valence-corrected chi connectivity index (χ3v) is 5.91. The van der Waals surface area contributed by atoms with E-state index >= 15 is 0 Å². The van der Waals surface area contributed by atoms with Crippen molar-refractivity contribution in [2.45, 2.75) is 6.42 Å². The molecule has 0 saturated carbocycles. The molecule has 10 heteroatoms. The number of hydrogen-bond acceptors (Lipinski definition) is 6. The molecule has 160 valence electrons. The van der Waals surface area contributed by atoms with E-state index < -0.39 is 11.8 Å². The van der Waals surface area contributed by atoms with Gasteiger partial charge in [-0.1, -0.05) is 53.8 Å². The lowest BCUT2D eigenvalue weighted by molar-refractivity contribution is -0.124. The number of rotatable bonds is 6. The zero-order valence-electron chi connectivity index (χ0n) is 16.4. The molecule has 2 N–H and O–H groups in total. The van der Waals surface area contributed by atoms with Crippen LogP contribution in [0.15, 0.2) is 53.4 Å². The highest BCUT2D eigenvalue weighted by Crippen LogP contribution is 2.34. The van der Waals surface area contributed by atoms with Crippen molar-refractivity contribution in [1.82, 2.24) is 15.8 Å². The Labute approximate surface area is 193 Å². The third kappa shape index (κ3) is 5.84. The fraction of sp³-hybridized carbons (Fsp3) is 0.143. The third-order valence-electron chi connectivity index (χ3n) is 4.28. The van der Waals surface area contributed by atoms with E-state index in [4.69, 9.17) is 28.6 Å². The second-order valence-corrected chi connectivity index (χ2v) is 8.45. The van der Waals surface area contributed by atoms with Crippen LogP contribution in [0.25, 0.3) is 6.08 Å². The lowest BCUT2D eigenvalue weighted by atomic mass is 10.2. The number of benzene rings is 2. The predicted octanol–water partition coefficient (Wildman–Crippen LogP) is 3.40. The fourth-order valence-electron chi connectivity index (χ4n) is 2.70. The normalized spacial score (nSPS) is 14.6. The van der Waals surface area contributed by atoms with Gasteiger partial charge in [-0.3, -0.25) is 30.1 Å². The van der Waals surface area contributed by atoms with Gasteiger partial charge in [0.05, 0.1) is 12.0 Å². The molecule has 0 atom stereocenters. The predicted molar refractivity (Wildman–Crippen MR) is 125 cm³/mol. The number of methoxy groups -OCH3 is 1. The van der Waals surface area contributed by atoms with Gasteiger partial charge in [0.2, 0.25) is 5.91 Å². The minimum Gasteiger partial charge on any atom is -0.496 e. The summed E-state index contributed by atoms with van der Waals surface area (Å²) in [4.78, 5) is 38.6. The first-order valence-electron chi connectivity index (χ1n) is 9.12. The standard InChI is InChI=1S/C21H18ClN3O4S2/c1-29-16-5-3-2-4-14(16)12-17-20(28)25(21(30)31-17)11-10-18(26)23-24-19(27)13-6-8-15(22)9-7-13/h2-9,12H,10-11H2,1H3,(H,23,26)(H,24,27)/b17-12-. The summed E-state index contributed by atoms with van der Waals surface area (Å²) in [6.07, 6.45) is 1.68. The molecule has 0 unspecified atom stereocenters. The molecule has 0 bridgehead atoms. The number of hydrazine groups is 1. The van der Waals surface area contributed by atoms with E-state index in [1.165, 1.54) is 28.8 Å². The Morgan fingerprint density at radius 2 is 1.87 bits per heavy atom. The molecule has 3 rings (SSSR count). The first-order valence-corrected chi connectivity index (χ1v) is 10.7. The van der Waals surface area contributed by atoms with Crippen molar-refractivity contribution in [2.24, 2.45) is 0 Å². The molecule has 0 aliphatic carbocycles. The lowest BCUT2D eigenvalue weighted by Gasteiger charge is -2.14. The van der Waals surface area contributed by atoms with Crippen LogP contribution in [0.3, 0.4) is 0 Å². The van der Waals surface area contributed by atoms with Gasteiger partial charge in [0, 0.05) is 29.1 Å². The molecule has 7 nitrogen and oxygen atoms in total. The smallest absolute Gasteiger partial charge is 0.269 e. The highest BCUT2D eigenvalue weighted by Gasteiger charge is 2.32. The number of para-hydroxylation sites is 1. The van der Waals surface area contributed by atoms with Gasteiger partial charge in [-0.25, -0.2) is 0 Å². The SMILES string of the molecule is COc1ccccc1/C=C1\SC(=S)N(CCC(=O)NNC(=O)c2ccc(Cl)cc2)C1=O. The number of hydrogen-bond donors (Lipinski definition) is 2. The summed E-state index contributed by atoms with van der Waals surface area (Å²) in [6, 6.07) is 13.6. The Morgan fingerprint density at radius 3 is 2.58 bits per heavy atom. The molecule has 1 saturated heterocycles. The molecule has 1 aliphatic rings. The monoisotopic (exact) mass is 475 g/mol. The zero-order valence-corrected chi connectivity index (χ0v) is 18.8. The molecule has 1 aliphatic heterocycles. The van der Waals surface area contributed by atoms with Crippen molar-refractivity contribution < 1.29 is 19.1 Å². The van der Waals surface area contributed by atoms with Gasteiger partial charge < -0.3 is 4.74 Å². The van der Waals surface area contributed by atoms with Crippen LogP contribution in [0.1, 0.15) is 22.3 Å². The van der Waals surface area contributed by atoms with Crippen LogP contribution in [-0.4, -0.2) is 40.6 Å². The van der Waals surface area contributed by atoms with Gasteiger partial charge in [0.1, 0.15) is 10.1 Å². The largest absolute Gasteiger partial charge is 0.496 e. The number of ether oxygens (including phenoxy) is 1. The molecular weight excluding hydrogens is 458 g/mol. The van der Waals surface area contributed by atoms with Gasteiger partial charge in [-0.2, -0.15) is 0 Å². The summed E-state index contributed by atoms with van der Waals surface area (Å²) in [5.74, 6) is -0.567. The number of thioether (sulfide) groups is 1. The quantitative estimate of drug-likeness (QED) is 0.378. The molecule has 2 aromatic rings. The van der Waals surface area contributed by atoms with E-state index in [-0.39, 0.29) is 18.9 Å². The molecule has 1 heterocycles. The van der Waals surface area contributed by atoms with E-state index in [1.54, 1.807) is 31.4 Å². The van der Waals surface area contributed by atoms with Crippen LogP contribution in [0, 0.1) is 0 Å². The molecule has 0 aromatic heterocycles. The summed E-state index contributed by atoms with van der Waals surface area (Å²) in [5, 5.41) is 0.504. The molecule has 3 amide bonds. The first kappa shape index (κ1) is 22.8. The minimum atomic E-state index is -0.477. The van der Waals surface area contributed by atoms with Crippen LogP contribution >= 0.6 is 35.6 Å². The molecule has 2 aromatic carbocycles. The summed E-state index contributed by atoms with van der Waals surface area (Å²) in [6.45, 7) is 0.0938. The molecule has 0 radical (unpaired) electrons. The van der Waals surface area contributed by atoms with E-state index in [0.29, 0.717) is 25.6 Å². The number of halogens is 1. The Morgan fingerprint density at radius 1 is 1.16 bits per heavy atom. The van der Waals surface area contributed by atoms with Crippen LogP contribution in [-0.2, 0) is 9.59 Å². The van der Waals surface area contributed by atoms with E-state index in [1.807, 2.05) is 18.2 Å². The first-order chi connectivity index (χ1) is 14.9. The highest BCUT2D eigenvalue weighted by molar-refractivity contribution is 8.26. The van der Waals surface area contributed by atoms with Gasteiger partial charge in [0.25, 0.3) is 11.8 Å². The second-order valence-electron chi connectivity index (χ2n) is 6.33. The molecular formula is C21H18ClN3O4S2. The van der Waals surface area contributed by atoms with Gasteiger partial charge in [-0.05, 0) is 36.4 Å². The number of amides is 3. The summed E-state index contributed by atoms with van der Waals surface area (Å²) < 4.78 is 5.67. The second kappa shape index (κ2) is 10.4. The Balaban J connectivity index is 1.54. The van der Waals surface area contributed by atoms with Crippen molar-refractivity contribution in [2.75, 3.05) is 13.7 Å². The Kier molecular flexibility index (Phi) is 7.67. The molecule has 1 fully saturated rings. The maximum absolute atomic E-state index is 12.7. The number of carbonyl (C=O) groups is 3. The fourth-order valence-corrected chi connectivity index (χ4v) is 4.12. The van der Waals surface area contributed by atoms with E-state index in [9.17, 15) is 14.4 Å². The van der Waals surface area contributed by atoms with Crippen LogP contribution in [0.2, 0.25) is 5.02 Å². The Bertz CT molecular complexity index is 1060. The lowest BCUT2D eigenvalue weighted by Crippen LogP contribution is -2.43. The van der Waals surface area contributed by atoms with Gasteiger partial charge in [-0.15, -0.1) is 0 Å². The number of thiocarbonyl (C=S) groups is 1. The number of nitrogens with one attached hydrogen (secondary N) is 2. The summed E-state index contributed by atoms with van der Waals surface area (Å²) >= 11 is 12.2.